The standard InChI is InChI=1S/C14H34O4SSi2/c1-5-15-20(16-6-2)13-9-11-19-12-10-14-21(17-7-3)18-8-4/h20-21H,5-14H2,1-4H3. The van der Waals surface area contributed by atoms with Crippen molar-refractivity contribution in [2.45, 2.75) is 52.6 Å². The topological polar surface area (TPSA) is 36.9 Å². The normalized spacial score (nSPS) is 11.7. The number of rotatable bonds is 16. The van der Waals surface area contributed by atoms with Crippen LogP contribution in [0.4, 0.5) is 0 Å². The van der Waals surface area contributed by atoms with Gasteiger partial charge in [-0.05, 0) is 64.1 Å². The van der Waals surface area contributed by atoms with E-state index in [1.54, 1.807) is 0 Å². The first-order valence-corrected chi connectivity index (χ1v) is 13.0. The lowest BCUT2D eigenvalue weighted by atomic mass is 10.6. The Bertz CT molecular complexity index is 181. The van der Waals surface area contributed by atoms with Gasteiger partial charge in [0, 0.05) is 26.4 Å². The predicted octanol–water partition coefficient (Wildman–Crippen LogP) is 3.09. The third-order valence-corrected chi connectivity index (χ3v) is 8.60. The molecule has 0 aromatic carbocycles. The minimum Gasteiger partial charge on any atom is -0.397 e. The van der Waals surface area contributed by atoms with Gasteiger partial charge in [0.05, 0.1) is 0 Å². The summed E-state index contributed by atoms with van der Waals surface area (Å²) in [4.78, 5) is 0. The van der Waals surface area contributed by atoms with Crippen LogP contribution in [0.1, 0.15) is 40.5 Å². The Morgan fingerprint density at radius 3 is 1.24 bits per heavy atom. The van der Waals surface area contributed by atoms with Gasteiger partial charge in [-0.2, -0.15) is 11.8 Å². The van der Waals surface area contributed by atoms with Crippen LogP contribution in [-0.4, -0.2) is 56.5 Å². The Labute approximate surface area is 139 Å². The van der Waals surface area contributed by atoms with Gasteiger partial charge in [-0.1, -0.05) is 0 Å². The second-order valence-electron chi connectivity index (χ2n) is 4.58. The molecular formula is C14H34O4SSi2. The van der Waals surface area contributed by atoms with Crippen molar-refractivity contribution < 1.29 is 17.7 Å². The molecule has 0 radical (unpaired) electrons. The molecule has 4 nitrogen and oxygen atoms in total. The van der Waals surface area contributed by atoms with Crippen molar-refractivity contribution in [1.82, 2.24) is 0 Å². The monoisotopic (exact) mass is 354 g/mol. The maximum Gasteiger partial charge on any atom is 0.321 e. The highest BCUT2D eigenvalue weighted by Crippen LogP contribution is 2.12. The molecule has 0 N–H and O–H groups in total. The third kappa shape index (κ3) is 14.0. The van der Waals surface area contributed by atoms with Crippen LogP contribution in [0.5, 0.6) is 0 Å². The van der Waals surface area contributed by atoms with Crippen LogP contribution < -0.4 is 0 Å². The van der Waals surface area contributed by atoms with Gasteiger partial charge in [0.2, 0.25) is 0 Å². The zero-order valence-corrected chi connectivity index (χ0v) is 17.4. The molecule has 0 aliphatic carbocycles. The molecule has 0 atom stereocenters. The molecule has 0 fully saturated rings. The summed E-state index contributed by atoms with van der Waals surface area (Å²) < 4.78 is 22.7. The highest BCUT2D eigenvalue weighted by Gasteiger charge is 2.12. The molecule has 0 saturated heterocycles. The second-order valence-corrected chi connectivity index (χ2v) is 10.0. The minimum atomic E-state index is -1.37. The first kappa shape index (κ1) is 21.6. The minimum absolute atomic E-state index is 0.783. The lowest BCUT2D eigenvalue weighted by molar-refractivity contribution is 0.213. The summed E-state index contributed by atoms with van der Waals surface area (Å²) in [5.41, 5.74) is 0. The van der Waals surface area contributed by atoms with E-state index >= 15 is 0 Å². The van der Waals surface area contributed by atoms with Crippen LogP contribution in [0.15, 0.2) is 0 Å². The molecule has 7 heteroatoms. The molecule has 21 heavy (non-hydrogen) atoms. The average Bonchev–Trinajstić information content (AvgIpc) is 2.47. The maximum atomic E-state index is 5.68. The van der Waals surface area contributed by atoms with E-state index in [1.165, 1.54) is 24.3 Å². The third-order valence-electron chi connectivity index (χ3n) is 2.87. The predicted molar refractivity (Wildman–Crippen MR) is 97.0 cm³/mol. The van der Waals surface area contributed by atoms with E-state index in [4.69, 9.17) is 17.7 Å². The Morgan fingerprint density at radius 1 is 0.619 bits per heavy atom. The summed E-state index contributed by atoms with van der Waals surface area (Å²) in [6.07, 6.45) is 2.42. The fourth-order valence-corrected chi connectivity index (χ4v) is 6.94. The van der Waals surface area contributed by atoms with E-state index in [0.717, 1.165) is 38.5 Å². The van der Waals surface area contributed by atoms with Crippen molar-refractivity contribution in [3.05, 3.63) is 0 Å². The molecule has 0 spiro atoms. The fourth-order valence-electron chi connectivity index (χ4n) is 1.98. The molecule has 0 aliphatic heterocycles. The molecule has 0 unspecified atom stereocenters. The highest BCUT2D eigenvalue weighted by atomic mass is 32.2. The Balaban J connectivity index is 3.48. The summed E-state index contributed by atoms with van der Waals surface area (Å²) in [5, 5.41) is 0. The van der Waals surface area contributed by atoms with Crippen molar-refractivity contribution in [3.63, 3.8) is 0 Å². The van der Waals surface area contributed by atoms with Crippen LogP contribution in [0.2, 0.25) is 12.1 Å². The van der Waals surface area contributed by atoms with Crippen LogP contribution in [0, 0.1) is 0 Å². The lowest BCUT2D eigenvalue weighted by Crippen LogP contribution is -2.23. The van der Waals surface area contributed by atoms with Gasteiger partial charge in [-0.3, -0.25) is 0 Å². The summed E-state index contributed by atoms with van der Waals surface area (Å²) in [6.45, 7) is 11.3. The van der Waals surface area contributed by atoms with Gasteiger partial charge in [0.25, 0.3) is 0 Å². The van der Waals surface area contributed by atoms with E-state index < -0.39 is 18.6 Å². The molecule has 0 rings (SSSR count). The van der Waals surface area contributed by atoms with Crippen LogP contribution in [-0.2, 0) is 17.7 Å². The average molecular weight is 355 g/mol. The zero-order valence-electron chi connectivity index (χ0n) is 14.3. The van der Waals surface area contributed by atoms with Crippen molar-refractivity contribution in [2.24, 2.45) is 0 Å². The highest BCUT2D eigenvalue weighted by molar-refractivity contribution is 7.99. The van der Waals surface area contributed by atoms with Crippen molar-refractivity contribution >= 4 is 30.3 Å². The van der Waals surface area contributed by atoms with Crippen LogP contribution in [0.3, 0.4) is 0 Å². The van der Waals surface area contributed by atoms with Crippen LogP contribution in [0.25, 0.3) is 0 Å². The maximum absolute atomic E-state index is 5.68. The van der Waals surface area contributed by atoms with Gasteiger partial charge in [-0.15, -0.1) is 0 Å². The van der Waals surface area contributed by atoms with Crippen LogP contribution >= 0.6 is 11.8 Å². The number of thioether (sulfide) groups is 1. The van der Waals surface area contributed by atoms with E-state index in [-0.39, 0.29) is 0 Å². The zero-order chi connectivity index (χ0) is 15.8. The summed E-state index contributed by atoms with van der Waals surface area (Å²) in [5.74, 6) is 2.41. The van der Waals surface area contributed by atoms with Crippen molar-refractivity contribution in [1.29, 1.82) is 0 Å². The summed E-state index contributed by atoms with van der Waals surface area (Å²) in [7, 11) is -2.75. The molecule has 0 bridgehead atoms. The van der Waals surface area contributed by atoms with Crippen molar-refractivity contribution in [2.75, 3.05) is 37.9 Å². The van der Waals surface area contributed by atoms with E-state index in [2.05, 4.69) is 0 Å². The molecule has 0 saturated carbocycles. The van der Waals surface area contributed by atoms with E-state index in [1.807, 2.05) is 39.5 Å². The quantitative estimate of drug-likeness (QED) is 0.314. The van der Waals surface area contributed by atoms with Gasteiger partial charge in [-0.25, -0.2) is 0 Å². The summed E-state index contributed by atoms with van der Waals surface area (Å²) in [6, 6.07) is 2.26. The molecular weight excluding hydrogens is 320 g/mol. The largest absolute Gasteiger partial charge is 0.397 e. The van der Waals surface area contributed by atoms with Crippen molar-refractivity contribution in [3.8, 4) is 0 Å². The van der Waals surface area contributed by atoms with E-state index in [0.29, 0.717) is 0 Å². The molecule has 0 aliphatic rings. The second kappa shape index (κ2) is 17.0. The molecule has 0 heterocycles. The Morgan fingerprint density at radius 2 is 0.952 bits per heavy atom. The number of hydrogen-bond acceptors (Lipinski definition) is 5. The molecule has 128 valence electrons. The Kier molecular flexibility index (Phi) is 17.5. The summed E-state index contributed by atoms with van der Waals surface area (Å²) >= 11 is 2.03. The Hall–Kier alpha value is 0.624. The number of hydrogen-bond donors (Lipinski definition) is 0. The first-order valence-electron chi connectivity index (χ1n) is 8.32. The van der Waals surface area contributed by atoms with Gasteiger partial charge >= 0.3 is 18.6 Å². The van der Waals surface area contributed by atoms with Gasteiger partial charge in [0.1, 0.15) is 0 Å². The fraction of sp³-hybridized carbons (Fsp3) is 1.00. The molecule has 0 amide bonds. The SMILES string of the molecule is CCO[SiH](CCCSCCC[SiH](OCC)OCC)OCC. The van der Waals surface area contributed by atoms with E-state index in [9.17, 15) is 0 Å². The smallest absolute Gasteiger partial charge is 0.321 e. The molecule has 0 aromatic rings. The first-order chi connectivity index (χ1) is 10.3. The van der Waals surface area contributed by atoms with Gasteiger partial charge < -0.3 is 17.7 Å². The lowest BCUT2D eigenvalue weighted by Gasteiger charge is -2.15. The van der Waals surface area contributed by atoms with Gasteiger partial charge in [0.15, 0.2) is 0 Å². The molecule has 0 aromatic heterocycles.